The quantitative estimate of drug-likeness (QED) is 0.0324. The van der Waals surface area contributed by atoms with Crippen molar-refractivity contribution < 1.29 is 24.5 Å². The smallest absolute Gasteiger partial charge is 0.305 e. The van der Waals surface area contributed by atoms with Gasteiger partial charge in [-0.25, -0.2) is 0 Å². The van der Waals surface area contributed by atoms with Gasteiger partial charge in [0.05, 0.1) is 25.4 Å². The number of esters is 1. The molecule has 0 fully saturated rings. The fourth-order valence-corrected chi connectivity index (χ4v) is 6.77. The molecule has 0 aliphatic heterocycles. The maximum atomic E-state index is 12.3. The third kappa shape index (κ3) is 43.0. The predicted octanol–water partition coefficient (Wildman–Crippen LogP) is 14.1. The molecule has 2 unspecified atom stereocenters. The van der Waals surface area contributed by atoms with E-state index in [1.807, 2.05) is 12.2 Å². The fourth-order valence-electron chi connectivity index (χ4n) is 6.77. The van der Waals surface area contributed by atoms with E-state index in [1.165, 1.54) is 128 Å². The first kappa shape index (κ1) is 54.6. The third-order valence-corrected chi connectivity index (χ3v) is 10.5. The van der Waals surface area contributed by atoms with Crippen molar-refractivity contribution in [3.63, 3.8) is 0 Å². The van der Waals surface area contributed by atoms with Crippen LogP contribution in [0.5, 0.6) is 0 Å². The lowest BCUT2D eigenvalue weighted by molar-refractivity contribution is -0.143. The monoisotopic (exact) mass is 798 g/mol. The molecule has 1 amide bonds. The van der Waals surface area contributed by atoms with Gasteiger partial charge < -0.3 is 20.3 Å². The SMILES string of the molecule is CCCCC/C=C\C/C=C\CCCCCCCC(=O)OCCCCCCCC/C=C\C/C=C\CCC(=O)NC(CO)C(O)/C=C/CCCCCCCCCCCC. The zero-order valence-electron chi connectivity index (χ0n) is 37.3. The molecule has 3 N–H and O–H groups in total. The van der Waals surface area contributed by atoms with Gasteiger partial charge in [-0.05, 0) is 83.5 Å². The van der Waals surface area contributed by atoms with E-state index in [0.29, 0.717) is 25.9 Å². The zero-order chi connectivity index (χ0) is 41.5. The minimum atomic E-state index is -0.879. The summed E-state index contributed by atoms with van der Waals surface area (Å²) < 4.78 is 5.44. The second kappa shape index (κ2) is 46.3. The summed E-state index contributed by atoms with van der Waals surface area (Å²) in [6.45, 7) is 4.77. The van der Waals surface area contributed by atoms with E-state index in [-0.39, 0.29) is 18.5 Å². The van der Waals surface area contributed by atoms with Crippen molar-refractivity contribution in [2.24, 2.45) is 0 Å². The minimum Gasteiger partial charge on any atom is -0.466 e. The molecule has 330 valence electrons. The summed E-state index contributed by atoms with van der Waals surface area (Å²) >= 11 is 0. The summed E-state index contributed by atoms with van der Waals surface area (Å²) in [5.41, 5.74) is 0. The van der Waals surface area contributed by atoms with E-state index in [2.05, 4.69) is 61.7 Å². The van der Waals surface area contributed by atoms with Gasteiger partial charge in [0.15, 0.2) is 0 Å². The normalized spacial score (nSPS) is 13.3. The molecule has 0 aliphatic rings. The topological polar surface area (TPSA) is 95.9 Å². The van der Waals surface area contributed by atoms with Crippen molar-refractivity contribution in [1.82, 2.24) is 5.32 Å². The van der Waals surface area contributed by atoms with Gasteiger partial charge in [0.25, 0.3) is 0 Å². The number of aliphatic hydroxyl groups excluding tert-OH is 2. The Kier molecular flexibility index (Phi) is 44.3. The maximum absolute atomic E-state index is 12.3. The van der Waals surface area contributed by atoms with Gasteiger partial charge in [-0.3, -0.25) is 9.59 Å². The second-order valence-electron chi connectivity index (χ2n) is 16.1. The Morgan fingerprint density at radius 3 is 1.40 bits per heavy atom. The molecule has 0 spiro atoms. The number of carbonyl (C=O) groups excluding carboxylic acids is 2. The Hall–Kier alpha value is -2.44. The molecule has 0 aromatic rings. The molecule has 0 aromatic heterocycles. The molecule has 0 rings (SSSR count). The lowest BCUT2D eigenvalue weighted by atomic mass is 10.1. The molecule has 0 aromatic carbocycles. The average Bonchev–Trinajstić information content (AvgIpc) is 3.21. The van der Waals surface area contributed by atoms with Crippen molar-refractivity contribution in [2.45, 2.75) is 238 Å². The zero-order valence-corrected chi connectivity index (χ0v) is 37.3. The van der Waals surface area contributed by atoms with E-state index in [0.717, 1.165) is 64.2 Å². The highest BCUT2D eigenvalue weighted by Gasteiger charge is 2.17. The van der Waals surface area contributed by atoms with E-state index < -0.39 is 12.1 Å². The number of allylic oxidation sites excluding steroid dienone is 9. The van der Waals surface area contributed by atoms with Crippen LogP contribution >= 0.6 is 0 Å². The van der Waals surface area contributed by atoms with Gasteiger partial charge in [-0.2, -0.15) is 0 Å². The summed E-state index contributed by atoms with van der Waals surface area (Å²) in [4.78, 5) is 24.4. The summed E-state index contributed by atoms with van der Waals surface area (Å²) in [6, 6.07) is -0.672. The van der Waals surface area contributed by atoms with E-state index in [1.54, 1.807) is 6.08 Å². The minimum absolute atomic E-state index is 0.0341. The number of hydrogen-bond acceptors (Lipinski definition) is 5. The van der Waals surface area contributed by atoms with Gasteiger partial charge >= 0.3 is 5.97 Å². The Bertz CT molecular complexity index is 1020. The van der Waals surface area contributed by atoms with Crippen LogP contribution in [0.15, 0.2) is 60.8 Å². The predicted molar refractivity (Wildman–Crippen MR) is 245 cm³/mol. The first-order valence-corrected chi connectivity index (χ1v) is 24.1. The van der Waals surface area contributed by atoms with Crippen LogP contribution in [0.1, 0.15) is 226 Å². The second-order valence-corrected chi connectivity index (χ2v) is 16.1. The lowest BCUT2D eigenvalue weighted by Crippen LogP contribution is -2.45. The molecule has 0 bridgehead atoms. The third-order valence-electron chi connectivity index (χ3n) is 10.5. The van der Waals surface area contributed by atoms with Crippen molar-refractivity contribution in [2.75, 3.05) is 13.2 Å². The summed E-state index contributed by atoms with van der Waals surface area (Å²) in [5.74, 6) is -0.187. The first-order chi connectivity index (χ1) is 28.0. The van der Waals surface area contributed by atoms with Crippen LogP contribution in [-0.4, -0.2) is 47.4 Å². The number of ether oxygens (including phenoxy) is 1. The standard InChI is InChI=1S/C51H91NO5/c1-3-5-7-9-11-13-15-17-18-21-25-29-33-37-41-45-51(56)57-46-42-38-34-30-26-22-19-20-24-28-32-36-40-44-50(55)52-48(47-53)49(54)43-39-35-31-27-23-16-14-12-10-8-6-4-2/h11,13,17-18,20,24,32,36,39,43,48-49,53-54H,3-10,12,14-16,19,21-23,25-31,33-35,37-38,40-42,44-47H2,1-2H3,(H,52,55)/b13-11-,18-17-,24-20-,36-32-,43-39+. The van der Waals surface area contributed by atoms with E-state index in [4.69, 9.17) is 4.74 Å². The molecule has 2 atom stereocenters. The van der Waals surface area contributed by atoms with Gasteiger partial charge in [0.1, 0.15) is 0 Å². The number of unbranched alkanes of at least 4 members (excludes halogenated alkanes) is 24. The molecule has 0 radical (unpaired) electrons. The van der Waals surface area contributed by atoms with Crippen LogP contribution < -0.4 is 5.32 Å². The summed E-state index contributed by atoms with van der Waals surface area (Å²) in [7, 11) is 0. The van der Waals surface area contributed by atoms with Gasteiger partial charge in [0, 0.05) is 12.8 Å². The fraction of sp³-hybridized carbons (Fsp3) is 0.765. The summed E-state index contributed by atoms with van der Waals surface area (Å²) in [6.07, 6.45) is 57.9. The highest BCUT2D eigenvalue weighted by Crippen LogP contribution is 2.13. The van der Waals surface area contributed by atoms with E-state index >= 15 is 0 Å². The molecule has 6 heteroatoms. The Morgan fingerprint density at radius 1 is 0.491 bits per heavy atom. The molecule has 57 heavy (non-hydrogen) atoms. The molecule has 0 aliphatic carbocycles. The number of rotatable bonds is 43. The van der Waals surface area contributed by atoms with Crippen LogP contribution in [0.4, 0.5) is 0 Å². The van der Waals surface area contributed by atoms with Gasteiger partial charge in [-0.1, -0.05) is 190 Å². The van der Waals surface area contributed by atoms with E-state index in [9.17, 15) is 19.8 Å². The summed E-state index contributed by atoms with van der Waals surface area (Å²) in [5, 5.41) is 22.9. The Morgan fingerprint density at radius 2 is 0.895 bits per heavy atom. The highest BCUT2D eigenvalue weighted by molar-refractivity contribution is 5.76. The molecule has 6 nitrogen and oxygen atoms in total. The van der Waals surface area contributed by atoms with Crippen molar-refractivity contribution in [3.8, 4) is 0 Å². The molecular formula is C51H91NO5. The number of aliphatic hydroxyl groups is 2. The van der Waals surface area contributed by atoms with Crippen LogP contribution in [0.2, 0.25) is 0 Å². The number of amides is 1. The van der Waals surface area contributed by atoms with Crippen LogP contribution in [0, 0.1) is 0 Å². The van der Waals surface area contributed by atoms with Crippen molar-refractivity contribution in [3.05, 3.63) is 60.8 Å². The van der Waals surface area contributed by atoms with Crippen LogP contribution in [0.25, 0.3) is 0 Å². The van der Waals surface area contributed by atoms with Crippen LogP contribution in [-0.2, 0) is 14.3 Å². The van der Waals surface area contributed by atoms with Crippen LogP contribution in [0.3, 0.4) is 0 Å². The highest BCUT2D eigenvalue weighted by atomic mass is 16.5. The maximum Gasteiger partial charge on any atom is 0.305 e. The Labute approximate surface area is 352 Å². The molecule has 0 saturated heterocycles. The Balaban J connectivity index is 3.61. The molecule has 0 saturated carbocycles. The first-order valence-electron chi connectivity index (χ1n) is 24.1. The largest absolute Gasteiger partial charge is 0.466 e. The number of nitrogens with one attached hydrogen (secondary N) is 1. The number of hydrogen-bond donors (Lipinski definition) is 3. The average molecular weight is 798 g/mol. The number of carbonyl (C=O) groups is 2. The van der Waals surface area contributed by atoms with Crippen molar-refractivity contribution in [1.29, 1.82) is 0 Å². The van der Waals surface area contributed by atoms with Crippen molar-refractivity contribution >= 4 is 11.9 Å². The lowest BCUT2D eigenvalue weighted by Gasteiger charge is -2.19. The van der Waals surface area contributed by atoms with Gasteiger partial charge in [-0.15, -0.1) is 0 Å². The molecule has 0 heterocycles. The van der Waals surface area contributed by atoms with Gasteiger partial charge in [0.2, 0.25) is 5.91 Å². The molecular weight excluding hydrogens is 707 g/mol.